The number of ether oxygens (including phenoxy) is 1. The van der Waals surface area contributed by atoms with Crippen molar-refractivity contribution in [2.45, 2.75) is 136 Å². The number of unbranched alkanes of at least 4 members (excludes halogenated alkanes) is 5. The van der Waals surface area contributed by atoms with Gasteiger partial charge in [-0.3, -0.25) is 4.79 Å². The van der Waals surface area contributed by atoms with Crippen LogP contribution in [0.4, 0.5) is 0 Å². The summed E-state index contributed by atoms with van der Waals surface area (Å²) in [6.07, 6.45) is 9.60. The number of carbonyl (C=O) groups is 1. The third-order valence-electron chi connectivity index (χ3n) is 7.98. The van der Waals surface area contributed by atoms with E-state index in [1.165, 1.54) is 56.1 Å². The van der Waals surface area contributed by atoms with E-state index in [4.69, 9.17) is 13.6 Å². The second-order valence-electron chi connectivity index (χ2n) is 11.2. The van der Waals surface area contributed by atoms with E-state index < -0.39 is 16.4 Å². The van der Waals surface area contributed by atoms with Gasteiger partial charge < -0.3 is 13.6 Å². The van der Waals surface area contributed by atoms with Gasteiger partial charge in [-0.15, -0.1) is 0 Å². The average molecular weight is 497 g/mol. The lowest BCUT2D eigenvalue weighted by atomic mass is 10.0. The molecule has 1 atom stereocenters. The van der Waals surface area contributed by atoms with Crippen LogP contribution in [-0.4, -0.2) is 29.0 Å². The zero-order chi connectivity index (χ0) is 25.1. The molecule has 1 aromatic rings. The fourth-order valence-electron chi connectivity index (χ4n) is 4.25. The molecule has 0 saturated heterocycles. The highest BCUT2D eigenvalue weighted by Crippen LogP contribution is 2.36. The number of esters is 1. The summed E-state index contributed by atoms with van der Waals surface area (Å²) >= 11 is 0. The first kappa shape index (κ1) is 30.2. The van der Waals surface area contributed by atoms with Gasteiger partial charge in [0, 0.05) is 19.1 Å². The van der Waals surface area contributed by atoms with E-state index >= 15 is 0 Å². The lowest BCUT2D eigenvalue weighted by Gasteiger charge is -2.36. The molecule has 0 aliphatic carbocycles. The molecule has 0 fully saturated rings. The average Bonchev–Trinajstić information content (AvgIpc) is 3.23. The fourth-order valence-corrected chi connectivity index (χ4v) is 8.66. The Morgan fingerprint density at radius 1 is 0.970 bits per heavy atom. The Labute approximate surface area is 206 Å². The highest BCUT2D eigenvalue weighted by atomic mass is 28.4. The van der Waals surface area contributed by atoms with Crippen molar-refractivity contribution in [1.29, 1.82) is 0 Å². The van der Waals surface area contributed by atoms with Gasteiger partial charge in [0.1, 0.15) is 14.2 Å². The summed E-state index contributed by atoms with van der Waals surface area (Å²) < 4.78 is 18.0. The maximum Gasteiger partial charge on any atom is 0.303 e. The minimum atomic E-state index is -1.61. The van der Waals surface area contributed by atoms with Gasteiger partial charge >= 0.3 is 5.97 Å². The minimum Gasteiger partial charge on any atom is -0.474 e. The van der Waals surface area contributed by atoms with Crippen molar-refractivity contribution in [1.82, 2.24) is 0 Å². The van der Waals surface area contributed by atoms with Crippen LogP contribution in [0.3, 0.4) is 0 Å². The van der Waals surface area contributed by atoms with Crippen LogP contribution >= 0.6 is 0 Å². The highest BCUT2D eigenvalue weighted by Gasteiger charge is 2.37. The molecule has 0 radical (unpaired) electrons. The molecule has 0 bridgehead atoms. The topological polar surface area (TPSA) is 48.7 Å². The number of hydrogen-bond donors (Lipinski definition) is 0. The van der Waals surface area contributed by atoms with Gasteiger partial charge in [-0.05, 0) is 43.5 Å². The van der Waals surface area contributed by atoms with Crippen LogP contribution in [0.25, 0.3) is 0 Å². The Hall–Kier alpha value is -0.856. The normalized spacial score (nSPS) is 13.8. The second-order valence-corrected chi connectivity index (χ2v) is 21.2. The van der Waals surface area contributed by atoms with Crippen LogP contribution in [0, 0.1) is 0 Å². The Balaban J connectivity index is 2.44. The van der Waals surface area contributed by atoms with Gasteiger partial charge in [0.25, 0.3) is 0 Å². The van der Waals surface area contributed by atoms with E-state index in [9.17, 15) is 4.79 Å². The molecular weight excluding hydrogens is 444 g/mol. The fraction of sp³-hybridized carbons (Fsp3) is 0.815. The molecule has 1 unspecified atom stereocenters. The van der Waals surface area contributed by atoms with E-state index in [1.807, 2.05) is 6.26 Å². The lowest BCUT2D eigenvalue weighted by Crippen LogP contribution is -2.44. The summed E-state index contributed by atoms with van der Waals surface area (Å²) in [7, 11) is -3.17. The molecule has 192 valence electrons. The highest BCUT2D eigenvalue weighted by molar-refractivity contribution is 6.90. The predicted octanol–water partition coefficient (Wildman–Crippen LogP) is 8.35. The Kier molecular flexibility index (Phi) is 12.7. The SMILES string of the molecule is CC[Si](CC)(CC)c1cc(C(CCCCCCCCO[Si](C)(C)C(C)(C)C)OC(C)=O)co1. The third-order valence-corrected chi connectivity index (χ3v) is 17.9. The lowest BCUT2D eigenvalue weighted by molar-refractivity contribution is -0.147. The van der Waals surface area contributed by atoms with Gasteiger partial charge in [-0.2, -0.15) is 0 Å². The summed E-state index contributed by atoms with van der Waals surface area (Å²) in [6.45, 7) is 20.8. The maximum absolute atomic E-state index is 11.7. The van der Waals surface area contributed by atoms with Crippen LogP contribution in [0.2, 0.25) is 36.3 Å². The molecule has 0 saturated carbocycles. The van der Waals surface area contributed by atoms with Gasteiger partial charge in [0.15, 0.2) is 8.32 Å². The summed E-state index contributed by atoms with van der Waals surface area (Å²) in [5, 5.41) is 1.45. The van der Waals surface area contributed by atoms with E-state index in [0.29, 0.717) is 0 Å². The standard InChI is InChI=1S/C27H52O4Si2/c1-10-33(11-2,12-3)26-21-24(22-29-26)25(31-23(4)28)19-17-15-13-14-16-18-20-30-32(8,9)27(5,6)7/h21-22,25H,10-20H2,1-9H3. The maximum atomic E-state index is 11.7. The zero-order valence-corrected chi connectivity index (χ0v) is 25.1. The first-order valence-electron chi connectivity index (χ1n) is 13.3. The number of hydrogen-bond acceptors (Lipinski definition) is 4. The molecule has 0 N–H and O–H groups in total. The van der Waals surface area contributed by atoms with Crippen molar-refractivity contribution in [3.63, 3.8) is 0 Å². The first-order valence-corrected chi connectivity index (χ1v) is 18.9. The van der Waals surface area contributed by atoms with Gasteiger partial charge in [-0.1, -0.05) is 85.4 Å². The van der Waals surface area contributed by atoms with E-state index in [1.54, 1.807) is 0 Å². The quantitative estimate of drug-likeness (QED) is 0.131. The second kappa shape index (κ2) is 13.9. The van der Waals surface area contributed by atoms with Crippen molar-refractivity contribution in [3.05, 3.63) is 17.9 Å². The first-order chi connectivity index (χ1) is 15.4. The molecule has 1 rings (SSSR count). The van der Waals surface area contributed by atoms with E-state index in [-0.39, 0.29) is 17.1 Å². The van der Waals surface area contributed by atoms with Crippen LogP contribution in [0.1, 0.15) is 105 Å². The van der Waals surface area contributed by atoms with Crippen molar-refractivity contribution in [2.24, 2.45) is 0 Å². The zero-order valence-electron chi connectivity index (χ0n) is 23.1. The third kappa shape index (κ3) is 9.37. The monoisotopic (exact) mass is 496 g/mol. The van der Waals surface area contributed by atoms with Crippen molar-refractivity contribution in [3.8, 4) is 0 Å². The van der Waals surface area contributed by atoms with Gasteiger partial charge in [0.2, 0.25) is 0 Å². The molecule has 33 heavy (non-hydrogen) atoms. The molecule has 4 nitrogen and oxygen atoms in total. The van der Waals surface area contributed by atoms with Crippen LogP contribution in [0.15, 0.2) is 16.7 Å². The van der Waals surface area contributed by atoms with E-state index in [0.717, 1.165) is 31.4 Å². The summed E-state index contributed by atoms with van der Waals surface area (Å²) in [4.78, 5) is 11.7. The van der Waals surface area contributed by atoms with Crippen LogP contribution < -0.4 is 5.38 Å². The van der Waals surface area contributed by atoms with Crippen molar-refractivity contribution in [2.75, 3.05) is 6.61 Å². The molecular formula is C27H52O4Si2. The Morgan fingerprint density at radius 3 is 2.03 bits per heavy atom. The smallest absolute Gasteiger partial charge is 0.303 e. The molecule has 6 heteroatoms. The number of furan rings is 1. The minimum absolute atomic E-state index is 0.185. The number of carbonyl (C=O) groups excluding carboxylic acids is 1. The van der Waals surface area contributed by atoms with Crippen LogP contribution in [-0.2, 0) is 14.0 Å². The Morgan fingerprint density at radius 2 is 1.52 bits per heavy atom. The van der Waals surface area contributed by atoms with Crippen molar-refractivity contribution >= 4 is 27.7 Å². The predicted molar refractivity (Wildman–Crippen MR) is 146 cm³/mol. The molecule has 1 heterocycles. The van der Waals surface area contributed by atoms with Crippen molar-refractivity contribution < 1.29 is 18.4 Å². The molecule has 0 aliphatic rings. The van der Waals surface area contributed by atoms with E-state index in [2.05, 4.69) is 60.7 Å². The molecule has 0 spiro atoms. The molecule has 1 aromatic heterocycles. The van der Waals surface area contributed by atoms with Gasteiger partial charge in [0.05, 0.1) is 11.6 Å². The van der Waals surface area contributed by atoms with Crippen LogP contribution in [0.5, 0.6) is 0 Å². The number of rotatable bonds is 16. The van der Waals surface area contributed by atoms with Gasteiger partial charge in [-0.25, -0.2) is 0 Å². The molecule has 0 amide bonds. The molecule has 0 aliphatic heterocycles. The summed E-state index contributed by atoms with van der Waals surface area (Å²) in [6, 6.07) is 5.75. The summed E-state index contributed by atoms with van der Waals surface area (Å²) in [5.41, 5.74) is 1.04. The Bertz CT molecular complexity index is 678. The largest absolute Gasteiger partial charge is 0.474 e. The molecule has 0 aromatic carbocycles. The summed E-state index contributed by atoms with van der Waals surface area (Å²) in [5.74, 6) is -0.213.